The van der Waals surface area contributed by atoms with Crippen molar-refractivity contribution in [1.82, 2.24) is 9.80 Å². The van der Waals surface area contributed by atoms with Crippen LogP contribution in [0.3, 0.4) is 0 Å². The molecule has 0 N–H and O–H groups in total. The van der Waals surface area contributed by atoms with Gasteiger partial charge in [0.1, 0.15) is 0 Å². The summed E-state index contributed by atoms with van der Waals surface area (Å²) in [5.74, 6) is 0.906. The van der Waals surface area contributed by atoms with Crippen LogP contribution < -0.4 is 0 Å². The fourth-order valence-electron chi connectivity index (χ4n) is 1.69. The molecule has 2 nitrogen and oxygen atoms in total. The number of hydrogen-bond acceptors (Lipinski definition) is 2. The van der Waals surface area contributed by atoms with Crippen molar-refractivity contribution in [2.45, 2.75) is 12.8 Å². The van der Waals surface area contributed by atoms with Crippen molar-refractivity contribution in [2.24, 2.45) is 5.92 Å². The van der Waals surface area contributed by atoms with Gasteiger partial charge in [-0.3, -0.25) is 7.05 Å². The first-order valence-electron chi connectivity index (χ1n) is 4.38. The number of rotatable bonds is 2. The molecule has 1 aliphatic heterocycles. The molecule has 0 saturated carbocycles. The van der Waals surface area contributed by atoms with Gasteiger partial charge in [-0.2, -0.15) is 0 Å². The Balaban J connectivity index is 2.17. The lowest BCUT2D eigenvalue weighted by Crippen LogP contribution is -2.33. The van der Waals surface area contributed by atoms with Crippen molar-refractivity contribution in [3.05, 3.63) is 7.05 Å². The Hall–Kier alpha value is -0.0800. The van der Waals surface area contributed by atoms with E-state index in [1.807, 2.05) is 0 Å². The molecule has 0 radical (unpaired) electrons. The largest absolute Gasteiger partial charge is 0.459 e. The molecule has 2 heteroatoms. The Kier molecular flexibility index (Phi) is 3.34. The van der Waals surface area contributed by atoms with Gasteiger partial charge in [0.15, 0.2) is 0 Å². The second kappa shape index (κ2) is 4.07. The van der Waals surface area contributed by atoms with Gasteiger partial charge in [0.05, 0.1) is 0 Å². The molecule has 1 rings (SSSR count). The van der Waals surface area contributed by atoms with Crippen LogP contribution in [0.5, 0.6) is 0 Å². The maximum Gasteiger partial charge on any atom is 0.000448 e. The summed E-state index contributed by atoms with van der Waals surface area (Å²) < 4.78 is 0. The molecule has 0 spiro atoms. The van der Waals surface area contributed by atoms with Gasteiger partial charge in [0.2, 0.25) is 0 Å². The standard InChI is InChI=1S/C9H19N2/c1-10(2)8-9-4-6-11(3)7-5-9/h9H,3-8H2,1-2H3/q-1. The predicted molar refractivity (Wildman–Crippen MR) is 48.2 cm³/mol. The Morgan fingerprint density at radius 2 is 1.91 bits per heavy atom. The molecule has 0 amide bonds. The molecular formula is C9H19N2-. The summed E-state index contributed by atoms with van der Waals surface area (Å²) in [6.45, 7) is 3.60. The third kappa shape index (κ3) is 3.21. The first kappa shape index (κ1) is 9.01. The Morgan fingerprint density at radius 1 is 1.36 bits per heavy atom. The summed E-state index contributed by atoms with van der Waals surface area (Å²) in [6.07, 6.45) is 2.64. The molecule has 0 aromatic rings. The van der Waals surface area contributed by atoms with Crippen LogP contribution in [-0.4, -0.2) is 43.5 Å². The molecule has 0 atom stereocenters. The zero-order valence-electron chi connectivity index (χ0n) is 7.71. The summed E-state index contributed by atoms with van der Waals surface area (Å²) in [5, 5.41) is 0. The minimum Gasteiger partial charge on any atom is -0.459 e. The first-order valence-corrected chi connectivity index (χ1v) is 4.38. The lowest BCUT2D eigenvalue weighted by molar-refractivity contribution is 0.202. The highest BCUT2D eigenvalue weighted by atomic mass is 15.1. The van der Waals surface area contributed by atoms with Gasteiger partial charge >= 0.3 is 0 Å². The molecule has 0 bridgehead atoms. The van der Waals surface area contributed by atoms with Crippen LogP contribution in [-0.2, 0) is 0 Å². The molecule has 0 aliphatic carbocycles. The van der Waals surface area contributed by atoms with Crippen molar-refractivity contribution < 1.29 is 0 Å². The molecule has 1 aliphatic rings. The fourth-order valence-corrected chi connectivity index (χ4v) is 1.69. The van der Waals surface area contributed by atoms with Gasteiger partial charge in [0.25, 0.3) is 0 Å². The smallest absolute Gasteiger partial charge is 0.000448 e. The van der Waals surface area contributed by atoms with E-state index in [-0.39, 0.29) is 0 Å². The number of hydrogen-bond donors (Lipinski definition) is 0. The quantitative estimate of drug-likeness (QED) is 0.550. The molecule has 1 heterocycles. The highest BCUT2D eigenvalue weighted by molar-refractivity contribution is 4.72. The number of piperidine rings is 1. The Morgan fingerprint density at radius 3 is 2.36 bits per heavy atom. The van der Waals surface area contributed by atoms with Crippen LogP contribution in [0.4, 0.5) is 0 Å². The summed E-state index contributed by atoms with van der Waals surface area (Å²) in [7, 11) is 8.23. The van der Waals surface area contributed by atoms with Gasteiger partial charge in [0, 0.05) is 6.54 Å². The summed E-state index contributed by atoms with van der Waals surface area (Å²) >= 11 is 0. The summed E-state index contributed by atoms with van der Waals surface area (Å²) in [6, 6.07) is 0. The summed E-state index contributed by atoms with van der Waals surface area (Å²) in [5.41, 5.74) is 0. The Labute approximate surface area is 70.2 Å². The monoisotopic (exact) mass is 155 g/mol. The highest BCUT2D eigenvalue weighted by Gasteiger charge is 2.13. The van der Waals surface area contributed by atoms with Crippen molar-refractivity contribution >= 4 is 0 Å². The normalized spacial score (nSPS) is 22.9. The van der Waals surface area contributed by atoms with Gasteiger partial charge < -0.3 is 9.80 Å². The van der Waals surface area contributed by atoms with Crippen LogP contribution >= 0.6 is 0 Å². The van der Waals surface area contributed by atoms with E-state index < -0.39 is 0 Å². The van der Waals surface area contributed by atoms with Crippen LogP contribution in [0.2, 0.25) is 0 Å². The molecular weight excluding hydrogens is 136 g/mol. The SMILES string of the molecule is [CH2-]N1CCC(CN(C)C)CC1. The predicted octanol–water partition coefficient (Wildman–Crippen LogP) is 1.05. The highest BCUT2D eigenvalue weighted by Crippen LogP contribution is 2.16. The molecule has 1 fully saturated rings. The third-order valence-electron chi connectivity index (χ3n) is 2.33. The van der Waals surface area contributed by atoms with Gasteiger partial charge in [-0.1, -0.05) is 0 Å². The number of likely N-dealkylation sites (tertiary alicyclic amines) is 1. The average molecular weight is 155 g/mol. The van der Waals surface area contributed by atoms with Gasteiger partial charge in [-0.25, -0.2) is 0 Å². The maximum absolute atomic E-state index is 3.93. The van der Waals surface area contributed by atoms with Crippen LogP contribution in [0.25, 0.3) is 0 Å². The molecule has 1 saturated heterocycles. The summed E-state index contributed by atoms with van der Waals surface area (Å²) in [4.78, 5) is 4.45. The van der Waals surface area contributed by atoms with Crippen LogP contribution in [0.1, 0.15) is 12.8 Å². The molecule has 66 valence electrons. The van der Waals surface area contributed by atoms with E-state index in [9.17, 15) is 0 Å². The average Bonchev–Trinajstić information content (AvgIpc) is 1.93. The maximum atomic E-state index is 3.93. The topological polar surface area (TPSA) is 6.48 Å². The lowest BCUT2D eigenvalue weighted by atomic mass is 9.97. The van der Waals surface area contributed by atoms with Crippen LogP contribution in [0.15, 0.2) is 0 Å². The van der Waals surface area contributed by atoms with E-state index in [0.29, 0.717) is 0 Å². The number of nitrogens with zero attached hydrogens (tertiary/aromatic N) is 2. The van der Waals surface area contributed by atoms with Gasteiger partial charge in [-0.15, -0.1) is 0 Å². The van der Waals surface area contributed by atoms with E-state index >= 15 is 0 Å². The van der Waals surface area contributed by atoms with Crippen molar-refractivity contribution in [2.75, 3.05) is 33.7 Å². The fraction of sp³-hybridized carbons (Fsp3) is 0.889. The molecule has 0 unspecified atom stereocenters. The minimum absolute atomic E-state index is 0.906. The van der Waals surface area contributed by atoms with E-state index in [1.165, 1.54) is 32.5 Å². The zero-order valence-corrected chi connectivity index (χ0v) is 7.71. The van der Waals surface area contributed by atoms with Crippen molar-refractivity contribution in [3.63, 3.8) is 0 Å². The van der Waals surface area contributed by atoms with Crippen LogP contribution in [0, 0.1) is 13.0 Å². The minimum atomic E-state index is 0.906. The van der Waals surface area contributed by atoms with E-state index in [2.05, 4.69) is 30.9 Å². The zero-order chi connectivity index (χ0) is 8.27. The van der Waals surface area contributed by atoms with E-state index in [4.69, 9.17) is 0 Å². The van der Waals surface area contributed by atoms with Crippen molar-refractivity contribution in [3.8, 4) is 0 Å². The third-order valence-corrected chi connectivity index (χ3v) is 2.33. The van der Waals surface area contributed by atoms with E-state index in [1.54, 1.807) is 0 Å². The second-order valence-corrected chi connectivity index (χ2v) is 3.82. The second-order valence-electron chi connectivity index (χ2n) is 3.82. The molecule has 0 aromatic carbocycles. The first-order chi connectivity index (χ1) is 5.18. The lowest BCUT2D eigenvalue weighted by Gasteiger charge is -2.35. The van der Waals surface area contributed by atoms with E-state index in [0.717, 1.165) is 5.92 Å². The van der Waals surface area contributed by atoms with Gasteiger partial charge in [-0.05, 0) is 45.9 Å². The molecule has 0 aromatic heterocycles. The van der Waals surface area contributed by atoms with Crippen molar-refractivity contribution in [1.29, 1.82) is 0 Å². The Bertz CT molecular complexity index is 104. The molecule has 11 heavy (non-hydrogen) atoms.